The molecule has 0 aliphatic carbocycles. The summed E-state index contributed by atoms with van der Waals surface area (Å²) in [5.74, 6) is -0.502. The lowest BCUT2D eigenvalue weighted by Gasteiger charge is -2.23. The number of hydrogen-bond donors (Lipinski definition) is 1. The summed E-state index contributed by atoms with van der Waals surface area (Å²) in [5, 5.41) is 3.33. The second-order valence-electron chi connectivity index (χ2n) is 5.05. The Labute approximate surface area is 148 Å². The number of benzene rings is 2. The molecule has 2 amide bonds. The molecule has 0 heterocycles. The molecule has 0 bridgehead atoms. The van der Waals surface area contributed by atoms with E-state index in [0.717, 1.165) is 10.0 Å². The highest BCUT2D eigenvalue weighted by atomic mass is 79.9. The Balaban J connectivity index is 2.18. The molecule has 0 aliphatic heterocycles. The van der Waals surface area contributed by atoms with Crippen LogP contribution in [0.25, 0.3) is 0 Å². The Hall–Kier alpha value is -1.85. The van der Waals surface area contributed by atoms with Gasteiger partial charge in [0.05, 0.1) is 0 Å². The van der Waals surface area contributed by atoms with Crippen molar-refractivity contribution < 1.29 is 9.59 Å². The second kappa shape index (κ2) is 7.62. The standard InChI is InChI=1S/C17H16BrClN2O2/c1-11-15(19)7-4-8-16(11)21(12(2)22)10-17(23)20-14-6-3-5-13(18)9-14/h3-9H,10H2,1-2H3,(H,20,23). The average molecular weight is 396 g/mol. The van der Waals surface area contributed by atoms with E-state index in [1.165, 1.54) is 11.8 Å². The van der Waals surface area contributed by atoms with E-state index in [9.17, 15) is 9.59 Å². The van der Waals surface area contributed by atoms with Crippen molar-refractivity contribution >= 4 is 50.7 Å². The van der Waals surface area contributed by atoms with E-state index in [1.807, 2.05) is 19.1 Å². The predicted octanol–water partition coefficient (Wildman–Crippen LogP) is 4.40. The van der Waals surface area contributed by atoms with Crippen LogP contribution in [0.15, 0.2) is 46.9 Å². The first-order valence-electron chi connectivity index (χ1n) is 6.97. The maximum absolute atomic E-state index is 12.3. The fourth-order valence-electron chi connectivity index (χ4n) is 2.16. The fourth-order valence-corrected chi connectivity index (χ4v) is 2.73. The van der Waals surface area contributed by atoms with Gasteiger partial charge >= 0.3 is 0 Å². The van der Waals surface area contributed by atoms with Gasteiger partial charge in [0.1, 0.15) is 6.54 Å². The average Bonchev–Trinajstić information content (AvgIpc) is 2.48. The first kappa shape index (κ1) is 17.5. The zero-order valence-electron chi connectivity index (χ0n) is 12.8. The zero-order valence-corrected chi connectivity index (χ0v) is 15.1. The van der Waals surface area contributed by atoms with Crippen LogP contribution in [-0.2, 0) is 9.59 Å². The predicted molar refractivity (Wildman–Crippen MR) is 97.0 cm³/mol. The molecule has 0 unspecified atom stereocenters. The Morgan fingerprint density at radius 3 is 2.57 bits per heavy atom. The fraction of sp³-hybridized carbons (Fsp3) is 0.176. The smallest absolute Gasteiger partial charge is 0.244 e. The van der Waals surface area contributed by atoms with Gasteiger partial charge in [-0.1, -0.05) is 39.7 Å². The van der Waals surface area contributed by atoms with E-state index in [0.29, 0.717) is 16.4 Å². The minimum absolute atomic E-state index is 0.0803. The van der Waals surface area contributed by atoms with Crippen LogP contribution in [0.5, 0.6) is 0 Å². The molecular weight excluding hydrogens is 380 g/mol. The minimum Gasteiger partial charge on any atom is -0.324 e. The Bertz CT molecular complexity index is 749. The summed E-state index contributed by atoms with van der Waals surface area (Å²) in [5.41, 5.74) is 2.06. The van der Waals surface area contributed by atoms with Crippen LogP contribution in [0.3, 0.4) is 0 Å². The maximum atomic E-state index is 12.3. The third-order valence-corrected chi connectivity index (χ3v) is 4.22. The molecule has 2 aromatic carbocycles. The first-order chi connectivity index (χ1) is 10.9. The van der Waals surface area contributed by atoms with E-state index < -0.39 is 0 Å². The molecule has 23 heavy (non-hydrogen) atoms. The van der Waals surface area contributed by atoms with Crippen molar-refractivity contribution in [3.63, 3.8) is 0 Å². The number of anilines is 2. The van der Waals surface area contributed by atoms with Gasteiger partial charge in [-0.25, -0.2) is 0 Å². The number of amides is 2. The number of rotatable bonds is 4. The molecule has 0 saturated heterocycles. The lowest BCUT2D eigenvalue weighted by atomic mass is 10.1. The highest BCUT2D eigenvalue weighted by Crippen LogP contribution is 2.26. The lowest BCUT2D eigenvalue weighted by Crippen LogP contribution is -2.37. The van der Waals surface area contributed by atoms with Gasteiger partial charge in [-0.15, -0.1) is 0 Å². The second-order valence-corrected chi connectivity index (χ2v) is 6.37. The zero-order chi connectivity index (χ0) is 17.0. The molecule has 2 rings (SSSR count). The van der Waals surface area contributed by atoms with Crippen molar-refractivity contribution in [2.24, 2.45) is 0 Å². The number of halogens is 2. The molecular formula is C17H16BrClN2O2. The van der Waals surface area contributed by atoms with Gasteiger partial charge in [0, 0.05) is 27.8 Å². The molecule has 0 atom stereocenters. The summed E-state index contributed by atoms with van der Waals surface area (Å²) in [6.45, 7) is 3.16. The molecule has 0 saturated carbocycles. The minimum atomic E-state index is -0.280. The summed E-state index contributed by atoms with van der Waals surface area (Å²) in [4.78, 5) is 25.6. The van der Waals surface area contributed by atoms with E-state index >= 15 is 0 Å². The third kappa shape index (κ3) is 4.56. The van der Waals surface area contributed by atoms with Gasteiger partial charge in [0.25, 0.3) is 0 Å². The number of nitrogens with one attached hydrogen (secondary N) is 1. The van der Waals surface area contributed by atoms with E-state index in [2.05, 4.69) is 21.2 Å². The summed E-state index contributed by atoms with van der Waals surface area (Å²) < 4.78 is 0.865. The molecule has 6 heteroatoms. The molecule has 0 radical (unpaired) electrons. The molecule has 4 nitrogen and oxygen atoms in total. The third-order valence-electron chi connectivity index (χ3n) is 3.32. The monoisotopic (exact) mass is 394 g/mol. The van der Waals surface area contributed by atoms with Crippen molar-refractivity contribution in [1.82, 2.24) is 0 Å². The SMILES string of the molecule is CC(=O)N(CC(=O)Nc1cccc(Br)c1)c1cccc(Cl)c1C. The van der Waals surface area contributed by atoms with E-state index in [4.69, 9.17) is 11.6 Å². The molecule has 2 aromatic rings. The van der Waals surface area contributed by atoms with Gasteiger partial charge in [-0.05, 0) is 42.8 Å². The van der Waals surface area contributed by atoms with Gasteiger partial charge < -0.3 is 10.2 Å². The van der Waals surface area contributed by atoms with Crippen LogP contribution in [0.2, 0.25) is 5.02 Å². The normalized spacial score (nSPS) is 10.3. The molecule has 120 valence electrons. The van der Waals surface area contributed by atoms with Crippen molar-refractivity contribution in [3.8, 4) is 0 Å². The number of hydrogen-bond acceptors (Lipinski definition) is 2. The highest BCUT2D eigenvalue weighted by molar-refractivity contribution is 9.10. The van der Waals surface area contributed by atoms with Crippen LogP contribution >= 0.6 is 27.5 Å². The van der Waals surface area contributed by atoms with E-state index in [1.54, 1.807) is 30.3 Å². The van der Waals surface area contributed by atoms with Crippen LogP contribution in [0, 0.1) is 6.92 Å². The van der Waals surface area contributed by atoms with Crippen LogP contribution < -0.4 is 10.2 Å². The van der Waals surface area contributed by atoms with Gasteiger partial charge in [0.15, 0.2) is 0 Å². The molecule has 0 aromatic heterocycles. The molecule has 0 fully saturated rings. The first-order valence-corrected chi connectivity index (χ1v) is 8.14. The van der Waals surface area contributed by atoms with Gasteiger partial charge in [-0.3, -0.25) is 9.59 Å². The van der Waals surface area contributed by atoms with E-state index in [-0.39, 0.29) is 18.4 Å². The number of carbonyl (C=O) groups excluding carboxylic acids is 2. The molecule has 0 aliphatic rings. The summed E-state index contributed by atoms with van der Waals surface area (Å²) >= 11 is 9.45. The van der Waals surface area contributed by atoms with Crippen molar-refractivity contribution in [2.75, 3.05) is 16.8 Å². The lowest BCUT2D eigenvalue weighted by molar-refractivity contribution is -0.120. The van der Waals surface area contributed by atoms with Crippen molar-refractivity contribution in [2.45, 2.75) is 13.8 Å². The number of carbonyl (C=O) groups is 2. The summed E-state index contributed by atoms with van der Waals surface area (Å²) in [6, 6.07) is 12.5. The highest BCUT2D eigenvalue weighted by Gasteiger charge is 2.18. The Kier molecular flexibility index (Phi) is 5.80. The quantitative estimate of drug-likeness (QED) is 0.834. The summed E-state index contributed by atoms with van der Waals surface area (Å²) in [6.07, 6.45) is 0. The Morgan fingerprint density at radius 2 is 1.91 bits per heavy atom. The topological polar surface area (TPSA) is 49.4 Å². The van der Waals surface area contributed by atoms with Crippen LogP contribution in [-0.4, -0.2) is 18.4 Å². The van der Waals surface area contributed by atoms with Gasteiger partial charge in [-0.2, -0.15) is 0 Å². The summed E-state index contributed by atoms with van der Waals surface area (Å²) in [7, 11) is 0. The number of nitrogens with zero attached hydrogens (tertiary/aromatic N) is 1. The van der Waals surface area contributed by atoms with Gasteiger partial charge in [0.2, 0.25) is 11.8 Å². The largest absolute Gasteiger partial charge is 0.324 e. The van der Waals surface area contributed by atoms with Crippen LogP contribution in [0.1, 0.15) is 12.5 Å². The Morgan fingerprint density at radius 1 is 1.22 bits per heavy atom. The maximum Gasteiger partial charge on any atom is 0.244 e. The van der Waals surface area contributed by atoms with Crippen molar-refractivity contribution in [3.05, 3.63) is 57.5 Å². The van der Waals surface area contributed by atoms with Crippen LogP contribution in [0.4, 0.5) is 11.4 Å². The van der Waals surface area contributed by atoms with Crippen molar-refractivity contribution in [1.29, 1.82) is 0 Å². The molecule has 0 spiro atoms. The molecule has 1 N–H and O–H groups in total.